The van der Waals surface area contributed by atoms with Crippen LogP contribution in [0.1, 0.15) is 13.8 Å². The van der Waals surface area contributed by atoms with Gasteiger partial charge in [0, 0.05) is 20.0 Å². The fourth-order valence-electron chi connectivity index (χ4n) is 1.76. The van der Waals surface area contributed by atoms with Crippen LogP contribution in [-0.4, -0.2) is 48.8 Å². The minimum Gasteiger partial charge on any atom is -0.480 e. The van der Waals surface area contributed by atoms with Crippen LogP contribution in [0.5, 0.6) is 0 Å². The predicted octanol–water partition coefficient (Wildman–Crippen LogP) is 0.565. The molecule has 1 aromatic carbocycles. The van der Waals surface area contributed by atoms with E-state index in [4.69, 9.17) is 5.11 Å². The second-order valence-corrected chi connectivity index (χ2v) is 6.58. The topological polar surface area (TPSA) is 104 Å². The van der Waals surface area contributed by atoms with E-state index in [1.54, 1.807) is 0 Å². The molecule has 0 bridgehead atoms. The van der Waals surface area contributed by atoms with E-state index >= 15 is 0 Å². The molecule has 1 aromatic rings. The molecule has 128 valence electrons. The summed E-state index contributed by atoms with van der Waals surface area (Å²) < 4.78 is 51.8. The normalized spacial score (nSPS) is 12.9. The van der Waals surface area contributed by atoms with Gasteiger partial charge in [-0.25, -0.2) is 17.2 Å². The van der Waals surface area contributed by atoms with Crippen LogP contribution < -0.4 is 5.32 Å². The van der Waals surface area contributed by atoms with Gasteiger partial charge in [0.05, 0.1) is 4.90 Å². The molecule has 7 nitrogen and oxygen atoms in total. The number of carboxylic acids is 1. The van der Waals surface area contributed by atoms with Crippen LogP contribution in [0.3, 0.4) is 0 Å². The number of rotatable bonds is 7. The Morgan fingerprint density at radius 3 is 2.39 bits per heavy atom. The highest BCUT2D eigenvalue weighted by molar-refractivity contribution is 7.89. The standard InChI is InChI=1S/C13H16F2N2O5S/c1-8(13(19)20)17(6-5-16-9(2)18)23(21,22)10-3-4-11(14)12(15)7-10/h3-4,7-8H,5-6H2,1-2H3,(H,16,18)(H,19,20). The number of amides is 1. The third-order valence-corrected chi connectivity index (χ3v) is 4.96. The maximum Gasteiger partial charge on any atom is 0.321 e. The number of hydrogen-bond donors (Lipinski definition) is 2. The molecule has 1 rings (SSSR count). The number of hydrogen-bond acceptors (Lipinski definition) is 4. The molecule has 2 N–H and O–H groups in total. The molecule has 10 heteroatoms. The first-order valence-electron chi connectivity index (χ1n) is 6.51. The lowest BCUT2D eigenvalue weighted by molar-refractivity contribution is -0.140. The quantitative estimate of drug-likeness (QED) is 0.748. The molecule has 0 aliphatic heterocycles. The smallest absolute Gasteiger partial charge is 0.321 e. The van der Waals surface area contributed by atoms with Crippen LogP contribution in [-0.2, 0) is 19.6 Å². The largest absolute Gasteiger partial charge is 0.480 e. The summed E-state index contributed by atoms with van der Waals surface area (Å²) in [6.45, 7) is 1.88. The van der Waals surface area contributed by atoms with Gasteiger partial charge < -0.3 is 10.4 Å². The molecule has 23 heavy (non-hydrogen) atoms. The van der Waals surface area contributed by atoms with Gasteiger partial charge in [0.1, 0.15) is 6.04 Å². The Morgan fingerprint density at radius 1 is 1.30 bits per heavy atom. The molecular weight excluding hydrogens is 334 g/mol. The van der Waals surface area contributed by atoms with Crippen LogP contribution in [0.2, 0.25) is 0 Å². The van der Waals surface area contributed by atoms with Gasteiger partial charge in [-0.05, 0) is 25.1 Å². The molecule has 0 fully saturated rings. The molecule has 0 heterocycles. The molecule has 0 aliphatic carbocycles. The molecule has 0 saturated heterocycles. The maximum atomic E-state index is 13.3. The van der Waals surface area contributed by atoms with Crippen LogP contribution in [0.4, 0.5) is 8.78 Å². The zero-order chi connectivity index (χ0) is 17.8. The van der Waals surface area contributed by atoms with E-state index in [0.29, 0.717) is 16.4 Å². The Labute approximate surface area is 132 Å². The Hall–Kier alpha value is -2.07. The highest BCUT2D eigenvalue weighted by Gasteiger charge is 2.33. The first-order valence-corrected chi connectivity index (χ1v) is 7.95. The van der Waals surface area contributed by atoms with Gasteiger partial charge in [0.2, 0.25) is 15.9 Å². The van der Waals surface area contributed by atoms with Crippen LogP contribution in [0, 0.1) is 11.6 Å². The number of benzene rings is 1. The number of carbonyl (C=O) groups is 2. The number of carbonyl (C=O) groups excluding carboxylic acids is 1. The first-order chi connectivity index (χ1) is 10.6. The summed E-state index contributed by atoms with van der Waals surface area (Å²) in [6.07, 6.45) is 0. The van der Waals surface area contributed by atoms with E-state index in [2.05, 4.69) is 5.32 Å². The summed E-state index contributed by atoms with van der Waals surface area (Å²) in [5, 5.41) is 11.4. The third kappa shape index (κ3) is 4.70. The molecule has 0 aromatic heterocycles. The van der Waals surface area contributed by atoms with Gasteiger partial charge in [0.25, 0.3) is 0 Å². The number of nitrogens with zero attached hydrogens (tertiary/aromatic N) is 1. The molecule has 1 atom stereocenters. The van der Waals surface area contributed by atoms with Crippen molar-refractivity contribution in [3.05, 3.63) is 29.8 Å². The number of carboxylic acid groups (broad SMARTS) is 1. The van der Waals surface area contributed by atoms with E-state index in [-0.39, 0.29) is 13.1 Å². The summed E-state index contributed by atoms with van der Waals surface area (Å²) in [5.74, 6) is -4.42. The SMILES string of the molecule is CC(=O)NCCN(C(C)C(=O)O)S(=O)(=O)c1ccc(F)c(F)c1. The fraction of sp³-hybridized carbons (Fsp3) is 0.385. The van der Waals surface area contributed by atoms with Crippen molar-refractivity contribution in [2.45, 2.75) is 24.8 Å². The monoisotopic (exact) mass is 350 g/mol. The van der Waals surface area contributed by atoms with Crippen molar-refractivity contribution in [2.75, 3.05) is 13.1 Å². The van der Waals surface area contributed by atoms with Crippen molar-refractivity contribution in [3.8, 4) is 0 Å². The Morgan fingerprint density at radius 2 is 1.91 bits per heavy atom. The zero-order valence-corrected chi connectivity index (χ0v) is 13.2. The van der Waals surface area contributed by atoms with Gasteiger partial charge in [-0.2, -0.15) is 4.31 Å². The second kappa shape index (κ2) is 7.47. The van der Waals surface area contributed by atoms with Crippen LogP contribution >= 0.6 is 0 Å². The summed E-state index contributed by atoms with van der Waals surface area (Å²) in [4.78, 5) is 21.4. The minimum absolute atomic E-state index is 0.129. The van der Waals surface area contributed by atoms with Crippen molar-refractivity contribution in [3.63, 3.8) is 0 Å². The summed E-state index contributed by atoms with van der Waals surface area (Å²) >= 11 is 0. The molecule has 0 saturated carbocycles. The molecule has 1 unspecified atom stereocenters. The van der Waals surface area contributed by atoms with Gasteiger partial charge >= 0.3 is 5.97 Å². The van der Waals surface area contributed by atoms with Crippen molar-refractivity contribution in [2.24, 2.45) is 0 Å². The van der Waals surface area contributed by atoms with E-state index in [1.807, 2.05) is 0 Å². The fourth-order valence-corrected chi connectivity index (χ4v) is 3.36. The number of halogens is 2. The van der Waals surface area contributed by atoms with E-state index in [9.17, 15) is 26.8 Å². The lowest BCUT2D eigenvalue weighted by Gasteiger charge is -2.25. The van der Waals surface area contributed by atoms with Crippen molar-refractivity contribution < 1.29 is 31.9 Å². The lowest BCUT2D eigenvalue weighted by Crippen LogP contribution is -2.46. The molecule has 1 amide bonds. The van der Waals surface area contributed by atoms with E-state index in [0.717, 1.165) is 13.0 Å². The van der Waals surface area contributed by atoms with E-state index in [1.165, 1.54) is 6.92 Å². The second-order valence-electron chi connectivity index (χ2n) is 4.69. The molecule has 0 spiro atoms. The third-order valence-electron chi connectivity index (χ3n) is 2.99. The van der Waals surface area contributed by atoms with Crippen molar-refractivity contribution in [1.29, 1.82) is 0 Å². The lowest BCUT2D eigenvalue weighted by atomic mass is 10.3. The Bertz CT molecular complexity index is 708. The minimum atomic E-state index is -4.39. The molecule has 0 radical (unpaired) electrons. The highest BCUT2D eigenvalue weighted by Crippen LogP contribution is 2.20. The van der Waals surface area contributed by atoms with Gasteiger partial charge in [0.15, 0.2) is 11.6 Å². The predicted molar refractivity (Wildman–Crippen MR) is 76.0 cm³/mol. The Balaban J connectivity index is 3.18. The van der Waals surface area contributed by atoms with Crippen LogP contribution in [0.15, 0.2) is 23.1 Å². The zero-order valence-electron chi connectivity index (χ0n) is 12.4. The van der Waals surface area contributed by atoms with E-state index < -0.39 is 44.5 Å². The molecular formula is C13H16F2N2O5S. The first kappa shape index (κ1) is 19.0. The Kier molecular flexibility index (Phi) is 6.16. The average Bonchev–Trinajstić information content (AvgIpc) is 2.45. The summed E-state index contributed by atoms with van der Waals surface area (Å²) in [6, 6.07) is 0.500. The van der Waals surface area contributed by atoms with Crippen molar-refractivity contribution in [1.82, 2.24) is 9.62 Å². The number of sulfonamides is 1. The average molecular weight is 350 g/mol. The van der Waals surface area contributed by atoms with Gasteiger partial charge in [-0.15, -0.1) is 0 Å². The highest BCUT2D eigenvalue weighted by atomic mass is 32.2. The molecule has 0 aliphatic rings. The number of aliphatic carboxylic acids is 1. The van der Waals surface area contributed by atoms with Crippen LogP contribution in [0.25, 0.3) is 0 Å². The summed E-state index contributed by atoms with van der Waals surface area (Å²) in [5.41, 5.74) is 0. The number of nitrogens with one attached hydrogen (secondary N) is 1. The van der Waals surface area contributed by atoms with Crippen molar-refractivity contribution >= 4 is 21.9 Å². The maximum absolute atomic E-state index is 13.3. The summed E-state index contributed by atoms with van der Waals surface area (Å²) in [7, 11) is -4.39. The van der Waals surface area contributed by atoms with Gasteiger partial charge in [-0.3, -0.25) is 9.59 Å². The van der Waals surface area contributed by atoms with Gasteiger partial charge in [-0.1, -0.05) is 0 Å².